The lowest BCUT2D eigenvalue weighted by atomic mass is 10.1. The predicted molar refractivity (Wildman–Crippen MR) is 100 cm³/mol. The van der Waals surface area contributed by atoms with Crippen LogP contribution in [0.25, 0.3) is 11.1 Å². The number of nitrogens with one attached hydrogen (secondary N) is 1. The largest absolute Gasteiger partial charge is 0.440 e. The van der Waals surface area contributed by atoms with Crippen molar-refractivity contribution in [3.63, 3.8) is 0 Å². The summed E-state index contributed by atoms with van der Waals surface area (Å²) in [6.07, 6.45) is 1.89. The maximum Gasteiger partial charge on any atom is 0.199 e. The lowest BCUT2D eigenvalue weighted by Crippen LogP contribution is -2.27. The van der Waals surface area contributed by atoms with Crippen molar-refractivity contribution in [2.24, 2.45) is 0 Å². The number of oxazole rings is 1. The molecule has 2 heterocycles. The molecule has 0 bridgehead atoms. The van der Waals surface area contributed by atoms with E-state index in [1.165, 1.54) is 12.0 Å². The Labute approximate surface area is 147 Å². The van der Waals surface area contributed by atoms with Crippen molar-refractivity contribution < 1.29 is 4.42 Å². The van der Waals surface area contributed by atoms with Crippen LogP contribution in [0.1, 0.15) is 23.4 Å². The summed E-state index contributed by atoms with van der Waals surface area (Å²) in [6.45, 7) is 5.40. The van der Waals surface area contributed by atoms with E-state index in [0.717, 1.165) is 61.0 Å². The topological polar surface area (TPSA) is 67.3 Å². The molecule has 5 heteroatoms. The van der Waals surface area contributed by atoms with Gasteiger partial charge in [0.1, 0.15) is 5.52 Å². The average molecular weight is 336 g/mol. The van der Waals surface area contributed by atoms with Crippen LogP contribution in [-0.2, 0) is 13.0 Å². The van der Waals surface area contributed by atoms with E-state index in [1.807, 2.05) is 30.3 Å². The van der Waals surface area contributed by atoms with Crippen LogP contribution in [0.5, 0.6) is 0 Å². The van der Waals surface area contributed by atoms with Gasteiger partial charge in [-0.2, -0.15) is 0 Å². The van der Waals surface area contributed by atoms with Crippen LogP contribution in [0, 0.1) is 0 Å². The normalized spacial score (nSPS) is 16.2. The number of anilines is 1. The molecule has 1 aliphatic heterocycles. The van der Waals surface area contributed by atoms with Crippen molar-refractivity contribution in [1.29, 1.82) is 0 Å². The molecule has 3 N–H and O–H groups in total. The van der Waals surface area contributed by atoms with Crippen molar-refractivity contribution in [3.05, 3.63) is 59.5 Å². The molecule has 25 heavy (non-hydrogen) atoms. The summed E-state index contributed by atoms with van der Waals surface area (Å²) in [7, 11) is 0. The zero-order chi connectivity index (χ0) is 17.1. The molecule has 0 radical (unpaired) electrons. The molecule has 2 aromatic carbocycles. The third kappa shape index (κ3) is 4.00. The highest BCUT2D eigenvalue weighted by atomic mass is 16.3. The van der Waals surface area contributed by atoms with Gasteiger partial charge in [-0.25, -0.2) is 4.98 Å². The van der Waals surface area contributed by atoms with E-state index in [1.54, 1.807) is 0 Å². The van der Waals surface area contributed by atoms with Crippen LogP contribution in [-0.4, -0.2) is 36.1 Å². The molecule has 0 spiro atoms. The van der Waals surface area contributed by atoms with Gasteiger partial charge in [-0.1, -0.05) is 18.2 Å². The second-order valence-corrected chi connectivity index (χ2v) is 6.71. The van der Waals surface area contributed by atoms with Crippen LogP contribution in [0.3, 0.4) is 0 Å². The highest BCUT2D eigenvalue weighted by Gasteiger charge is 2.11. The minimum Gasteiger partial charge on any atom is -0.440 e. The zero-order valence-corrected chi connectivity index (χ0v) is 14.4. The van der Waals surface area contributed by atoms with Crippen molar-refractivity contribution in [2.75, 3.05) is 31.9 Å². The van der Waals surface area contributed by atoms with Crippen LogP contribution in [0.15, 0.2) is 46.9 Å². The van der Waals surface area contributed by atoms with E-state index < -0.39 is 0 Å². The molecular weight excluding hydrogens is 312 g/mol. The first-order valence-corrected chi connectivity index (χ1v) is 8.92. The van der Waals surface area contributed by atoms with Gasteiger partial charge in [0.25, 0.3) is 0 Å². The number of fused-ring (bicyclic) bond motifs is 1. The molecule has 1 aliphatic rings. The zero-order valence-electron chi connectivity index (χ0n) is 14.4. The molecule has 0 unspecified atom stereocenters. The fourth-order valence-electron chi connectivity index (χ4n) is 3.32. The van der Waals surface area contributed by atoms with Gasteiger partial charge in [0.05, 0.1) is 0 Å². The summed E-state index contributed by atoms with van der Waals surface area (Å²) in [4.78, 5) is 7.17. The van der Waals surface area contributed by atoms with E-state index in [-0.39, 0.29) is 0 Å². The monoisotopic (exact) mass is 336 g/mol. The number of nitrogens with two attached hydrogens (primary N) is 1. The van der Waals surface area contributed by atoms with Gasteiger partial charge in [-0.15, -0.1) is 0 Å². The number of nitrogens with zero attached hydrogens (tertiary/aromatic N) is 2. The number of benzene rings is 2. The van der Waals surface area contributed by atoms with Crippen LogP contribution in [0.2, 0.25) is 0 Å². The van der Waals surface area contributed by atoms with E-state index in [9.17, 15) is 0 Å². The van der Waals surface area contributed by atoms with E-state index in [4.69, 9.17) is 10.2 Å². The second kappa shape index (κ2) is 7.25. The Morgan fingerprint density at radius 3 is 2.76 bits per heavy atom. The van der Waals surface area contributed by atoms with Gasteiger partial charge < -0.3 is 15.5 Å². The smallest absolute Gasteiger partial charge is 0.199 e. The number of hydrogen-bond acceptors (Lipinski definition) is 5. The van der Waals surface area contributed by atoms with Crippen molar-refractivity contribution in [1.82, 2.24) is 15.2 Å². The Morgan fingerprint density at radius 2 is 1.88 bits per heavy atom. The van der Waals surface area contributed by atoms with Gasteiger partial charge in [0, 0.05) is 31.7 Å². The summed E-state index contributed by atoms with van der Waals surface area (Å²) >= 11 is 0. The molecule has 0 aliphatic carbocycles. The summed E-state index contributed by atoms with van der Waals surface area (Å²) in [5.74, 6) is 0.746. The van der Waals surface area contributed by atoms with Gasteiger partial charge >= 0.3 is 0 Å². The molecule has 0 atom stereocenters. The lowest BCUT2D eigenvalue weighted by Gasteiger charge is -2.19. The molecule has 4 rings (SSSR count). The van der Waals surface area contributed by atoms with E-state index in [0.29, 0.717) is 6.42 Å². The Bertz CT molecular complexity index is 833. The highest BCUT2D eigenvalue weighted by molar-refractivity contribution is 5.73. The quantitative estimate of drug-likeness (QED) is 0.717. The third-order valence-corrected chi connectivity index (χ3v) is 4.67. The van der Waals surface area contributed by atoms with Gasteiger partial charge in [0.2, 0.25) is 0 Å². The highest BCUT2D eigenvalue weighted by Crippen LogP contribution is 2.20. The van der Waals surface area contributed by atoms with Crippen molar-refractivity contribution in [3.8, 4) is 0 Å². The number of hydrogen-bond donors (Lipinski definition) is 2. The second-order valence-electron chi connectivity index (χ2n) is 6.71. The summed E-state index contributed by atoms with van der Waals surface area (Å²) in [5.41, 5.74) is 10.7. The number of nitrogen functional groups attached to an aromatic ring is 1. The predicted octanol–water partition coefficient (Wildman–Crippen LogP) is 2.80. The molecule has 3 aromatic rings. The van der Waals surface area contributed by atoms with Gasteiger partial charge in [0.15, 0.2) is 11.5 Å². The first kappa shape index (κ1) is 16.1. The summed E-state index contributed by atoms with van der Waals surface area (Å²) in [5, 5.41) is 3.45. The Balaban J connectivity index is 1.49. The minimum atomic E-state index is 0.683. The van der Waals surface area contributed by atoms with Crippen LogP contribution < -0.4 is 11.1 Å². The number of aromatic nitrogens is 1. The maximum atomic E-state index is 5.90. The van der Waals surface area contributed by atoms with Crippen molar-refractivity contribution in [2.45, 2.75) is 19.4 Å². The van der Waals surface area contributed by atoms with Crippen molar-refractivity contribution >= 4 is 16.8 Å². The molecule has 0 saturated carbocycles. The Morgan fingerprint density at radius 1 is 1.04 bits per heavy atom. The third-order valence-electron chi connectivity index (χ3n) is 4.67. The molecule has 5 nitrogen and oxygen atoms in total. The Kier molecular flexibility index (Phi) is 4.68. The first-order chi connectivity index (χ1) is 12.3. The summed E-state index contributed by atoms with van der Waals surface area (Å²) in [6, 6.07) is 14.2. The fraction of sp³-hybridized carbons (Fsp3) is 0.350. The standard InChI is InChI=1S/C20H24N4O/c21-17-5-2-15(3-6-17)13-20-23-18-12-16(4-7-19(18)25-20)14-24-10-1-8-22-9-11-24/h2-7,12,22H,1,8-11,13-14,21H2. The van der Waals surface area contributed by atoms with Gasteiger partial charge in [-0.05, 0) is 54.9 Å². The minimum absolute atomic E-state index is 0.683. The fourth-order valence-corrected chi connectivity index (χ4v) is 3.32. The van der Waals surface area contributed by atoms with E-state index in [2.05, 4.69) is 27.3 Å². The van der Waals surface area contributed by atoms with E-state index >= 15 is 0 Å². The number of rotatable bonds is 4. The molecule has 1 aromatic heterocycles. The molecule has 1 saturated heterocycles. The molecule has 0 amide bonds. The first-order valence-electron chi connectivity index (χ1n) is 8.92. The van der Waals surface area contributed by atoms with Crippen LogP contribution >= 0.6 is 0 Å². The Hall–Kier alpha value is -2.37. The van der Waals surface area contributed by atoms with Gasteiger partial charge in [-0.3, -0.25) is 4.90 Å². The van der Waals surface area contributed by atoms with Crippen LogP contribution in [0.4, 0.5) is 5.69 Å². The average Bonchev–Trinajstić information content (AvgIpc) is 2.82. The SMILES string of the molecule is Nc1ccc(Cc2nc3cc(CN4CCCNCC4)ccc3o2)cc1. The lowest BCUT2D eigenvalue weighted by molar-refractivity contribution is 0.284. The molecule has 130 valence electrons. The molecular formula is C20H24N4O. The summed E-state index contributed by atoms with van der Waals surface area (Å²) < 4.78 is 5.90. The maximum absolute atomic E-state index is 5.90. The molecule has 1 fully saturated rings.